The Morgan fingerprint density at radius 1 is 0.971 bits per heavy atom. The first kappa shape index (κ1) is 23.2. The Morgan fingerprint density at radius 3 is 2.21 bits per heavy atom. The second-order valence-corrected chi connectivity index (χ2v) is 8.71. The van der Waals surface area contributed by atoms with Crippen LogP contribution in [0.25, 0.3) is 0 Å². The molecule has 0 amide bonds. The van der Waals surface area contributed by atoms with Gasteiger partial charge in [0, 0.05) is 37.2 Å². The molecule has 13 heteroatoms. The molecule has 2 aromatic rings. The number of hydrogen-bond acceptors (Lipinski definition) is 6. The van der Waals surface area contributed by atoms with Gasteiger partial charge in [0.2, 0.25) is 5.88 Å². The van der Waals surface area contributed by atoms with Gasteiger partial charge in [0.15, 0.2) is 12.0 Å². The second-order valence-electron chi connectivity index (χ2n) is 8.71. The summed E-state index contributed by atoms with van der Waals surface area (Å²) in [5.41, 5.74) is -1.87. The van der Waals surface area contributed by atoms with Crippen molar-refractivity contribution in [3.63, 3.8) is 0 Å². The Labute approximate surface area is 190 Å². The fourth-order valence-electron chi connectivity index (χ4n) is 4.85. The summed E-state index contributed by atoms with van der Waals surface area (Å²) in [6.07, 6.45) is -7.73. The van der Waals surface area contributed by atoms with E-state index in [0.717, 1.165) is 35.9 Å². The standard InChI is InChI=1S/C21H22F6N4O3/c22-20(23,24)14-3-4-16(28-8-14)30-9-12-1-2-13(10-30)19(12)34-17-7-15(21(25,26)27)29-31(17)11-18-32-5-6-33-18/h3-4,7-8,12-13,18-19H,1-2,5-6,9-11H2/t12-,13+,19?. The molecule has 3 atom stereocenters. The van der Waals surface area contributed by atoms with Crippen molar-refractivity contribution in [1.82, 2.24) is 14.8 Å². The molecule has 5 rings (SSSR count). The predicted octanol–water partition coefficient (Wildman–Crippen LogP) is 3.98. The molecule has 3 aliphatic rings. The first-order chi connectivity index (χ1) is 16.1. The Hall–Kier alpha value is -2.54. The van der Waals surface area contributed by atoms with Crippen LogP contribution in [0.5, 0.6) is 5.88 Å². The molecule has 0 N–H and O–H groups in total. The van der Waals surface area contributed by atoms with Gasteiger partial charge >= 0.3 is 12.4 Å². The van der Waals surface area contributed by atoms with Crippen LogP contribution in [-0.2, 0) is 28.4 Å². The van der Waals surface area contributed by atoms with Crippen LogP contribution in [0.3, 0.4) is 0 Å². The zero-order chi connectivity index (χ0) is 24.1. The Kier molecular flexibility index (Phi) is 5.87. The average Bonchev–Trinajstić information content (AvgIpc) is 3.47. The highest BCUT2D eigenvalue weighted by Crippen LogP contribution is 2.42. The van der Waals surface area contributed by atoms with Gasteiger partial charge in [-0.3, -0.25) is 0 Å². The molecule has 0 spiro atoms. The van der Waals surface area contributed by atoms with Crippen LogP contribution in [0.15, 0.2) is 24.4 Å². The summed E-state index contributed by atoms with van der Waals surface area (Å²) in [5, 5.41) is 3.67. The highest BCUT2D eigenvalue weighted by molar-refractivity contribution is 5.41. The van der Waals surface area contributed by atoms with Crippen molar-refractivity contribution in [2.45, 2.75) is 44.1 Å². The number of fused-ring (bicyclic) bond motifs is 2. The fourth-order valence-corrected chi connectivity index (χ4v) is 4.85. The number of piperidine rings is 1. The molecule has 7 nitrogen and oxygen atoms in total. The fraction of sp³-hybridized carbons (Fsp3) is 0.619. The largest absolute Gasteiger partial charge is 0.474 e. The summed E-state index contributed by atoms with van der Waals surface area (Å²) in [4.78, 5) is 5.88. The van der Waals surface area contributed by atoms with E-state index >= 15 is 0 Å². The third-order valence-corrected chi connectivity index (χ3v) is 6.45. The van der Waals surface area contributed by atoms with Gasteiger partial charge in [-0.2, -0.15) is 31.4 Å². The van der Waals surface area contributed by atoms with E-state index in [9.17, 15) is 26.3 Å². The molecule has 186 valence electrons. The monoisotopic (exact) mass is 492 g/mol. The summed E-state index contributed by atoms with van der Waals surface area (Å²) >= 11 is 0. The normalized spacial score (nSPS) is 25.8. The maximum Gasteiger partial charge on any atom is 0.435 e. The molecule has 2 bridgehead atoms. The molecule has 3 fully saturated rings. The zero-order valence-corrected chi connectivity index (χ0v) is 17.8. The van der Waals surface area contributed by atoms with Crippen LogP contribution in [0.2, 0.25) is 0 Å². The van der Waals surface area contributed by atoms with Gasteiger partial charge in [-0.1, -0.05) is 0 Å². The molecule has 1 saturated carbocycles. The quantitative estimate of drug-likeness (QED) is 0.589. The molecule has 1 aliphatic carbocycles. The molecule has 34 heavy (non-hydrogen) atoms. The lowest BCUT2D eigenvalue weighted by Crippen LogP contribution is -2.47. The Morgan fingerprint density at radius 2 is 1.65 bits per heavy atom. The lowest BCUT2D eigenvalue weighted by molar-refractivity contribution is -0.142. The molecular formula is C21H22F6N4O3. The van der Waals surface area contributed by atoms with Crippen molar-refractivity contribution in [3.8, 4) is 5.88 Å². The number of hydrogen-bond donors (Lipinski definition) is 0. The van der Waals surface area contributed by atoms with Crippen molar-refractivity contribution in [1.29, 1.82) is 0 Å². The number of alkyl halides is 6. The maximum absolute atomic E-state index is 13.3. The third-order valence-electron chi connectivity index (χ3n) is 6.45. The summed E-state index contributed by atoms with van der Waals surface area (Å²) in [7, 11) is 0. The lowest BCUT2D eigenvalue weighted by atomic mass is 9.94. The van der Waals surface area contributed by atoms with E-state index in [0.29, 0.717) is 32.1 Å². The topological polar surface area (TPSA) is 61.6 Å². The Balaban J connectivity index is 1.31. The number of ether oxygens (including phenoxy) is 3. The van der Waals surface area contributed by atoms with E-state index in [4.69, 9.17) is 14.2 Å². The molecule has 2 aromatic heterocycles. The summed E-state index contributed by atoms with van der Waals surface area (Å²) < 4.78 is 96.3. The van der Waals surface area contributed by atoms with Crippen LogP contribution in [0.4, 0.5) is 32.2 Å². The summed E-state index contributed by atoms with van der Waals surface area (Å²) in [5.74, 6) is 0.400. The minimum absolute atomic E-state index is 0.00516. The van der Waals surface area contributed by atoms with Crippen molar-refractivity contribution < 1.29 is 40.6 Å². The smallest absolute Gasteiger partial charge is 0.435 e. The van der Waals surface area contributed by atoms with Crippen LogP contribution >= 0.6 is 0 Å². The van der Waals surface area contributed by atoms with Crippen molar-refractivity contribution >= 4 is 5.82 Å². The van der Waals surface area contributed by atoms with Gasteiger partial charge in [-0.15, -0.1) is 0 Å². The van der Waals surface area contributed by atoms with E-state index in [1.54, 1.807) is 0 Å². The van der Waals surface area contributed by atoms with Crippen molar-refractivity contribution in [2.75, 3.05) is 31.2 Å². The number of anilines is 1. The SMILES string of the molecule is FC(F)(F)c1ccc(N2C[C@H]3CC[C@@H](C2)C3Oc2cc(C(F)(F)F)nn2CC2OCCO2)nc1. The molecular weight excluding hydrogens is 470 g/mol. The first-order valence-corrected chi connectivity index (χ1v) is 10.9. The molecule has 1 unspecified atom stereocenters. The van der Waals surface area contributed by atoms with Crippen LogP contribution < -0.4 is 9.64 Å². The summed E-state index contributed by atoms with van der Waals surface area (Å²) in [6, 6.07) is 3.23. The highest BCUT2D eigenvalue weighted by atomic mass is 19.4. The number of nitrogens with zero attached hydrogens (tertiary/aromatic N) is 4. The number of rotatable bonds is 5. The maximum atomic E-state index is 13.3. The van der Waals surface area contributed by atoms with Gasteiger partial charge in [-0.25, -0.2) is 9.67 Å². The van der Waals surface area contributed by atoms with Gasteiger partial charge in [0.25, 0.3) is 0 Å². The van der Waals surface area contributed by atoms with Crippen LogP contribution in [-0.4, -0.2) is 53.5 Å². The number of halogens is 6. The van der Waals surface area contributed by atoms with Gasteiger partial charge < -0.3 is 19.1 Å². The minimum atomic E-state index is -4.63. The van der Waals surface area contributed by atoms with Crippen LogP contribution in [0.1, 0.15) is 24.1 Å². The molecule has 2 aliphatic heterocycles. The van der Waals surface area contributed by atoms with Gasteiger partial charge in [0.1, 0.15) is 11.9 Å². The average molecular weight is 492 g/mol. The van der Waals surface area contributed by atoms with Crippen LogP contribution in [0, 0.1) is 11.8 Å². The van der Waals surface area contributed by atoms with E-state index < -0.39 is 29.9 Å². The highest BCUT2D eigenvalue weighted by Gasteiger charge is 2.45. The lowest BCUT2D eigenvalue weighted by Gasteiger charge is -2.38. The molecule has 2 saturated heterocycles. The van der Waals surface area contributed by atoms with Crippen molar-refractivity contribution in [3.05, 3.63) is 35.7 Å². The van der Waals surface area contributed by atoms with Gasteiger partial charge in [0.05, 0.1) is 25.3 Å². The Bertz CT molecular complexity index is 989. The second kappa shape index (κ2) is 8.59. The first-order valence-electron chi connectivity index (χ1n) is 10.9. The number of pyridine rings is 1. The summed E-state index contributed by atoms with van der Waals surface area (Å²) in [6.45, 7) is 1.64. The zero-order valence-electron chi connectivity index (χ0n) is 17.8. The number of aromatic nitrogens is 3. The van der Waals surface area contributed by atoms with E-state index in [1.165, 1.54) is 6.07 Å². The minimum Gasteiger partial charge on any atom is -0.474 e. The predicted molar refractivity (Wildman–Crippen MR) is 105 cm³/mol. The van der Waals surface area contributed by atoms with Gasteiger partial charge in [-0.05, 0) is 25.0 Å². The van der Waals surface area contributed by atoms with E-state index in [1.807, 2.05) is 4.90 Å². The third kappa shape index (κ3) is 4.67. The molecule has 0 aromatic carbocycles. The van der Waals surface area contributed by atoms with Crippen molar-refractivity contribution in [2.24, 2.45) is 11.8 Å². The molecule has 0 radical (unpaired) electrons. The molecule has 4 heterocycles. The van der Waals surface area contributed by atoms with E-state index in [2.05, 4.69) is 10.1 Å². The van der Waals surface area contributed by atoms with E-state index in [-0.39, 0.29) is 30.4 Å².